The normalized spacial score (nSPS) is 9.94. The number of fused-ring (bicyclic) bond motifs is 4. The summed E-state index contributed by atoms with van der Waals surface area (Å²) in [6.45, 7) is 25.1. The minimum absolute atomic E-state index is 0.173. The first kappa shape index (κ1) is 28.7. The van der Waals surface area contributed by atoms with Crippen molar-refractivity contribution >= 4 is 32.3 Å². The van der Waals surface area contributed by atoms with Gasteiger partial charge in [-0.05, 0) is 67.9 Å². The third-order valence-corrected chi connectivity index (χ3v) is 4.85. The van der Waals surface area contributed by atoms with Crippen molar-refractivity contribution in [2.75, 3.05) is 0 Å². The van der Waals surface area contributed by atoms with E-state index in [-0.39, 0.29) is 5.41 Å². The Morgan fingerprint density at radius 1 is 0.484 bits per heavy atom. The van der Waals surface area contributed by atoms with Crippen LogP contribution < -0.4 is 0 Å². The lowest BCUT2D eigenvalue weighted by molar-refractivity contribution is 0.587. The highest BCUT2D eigenvalue weighted by Gasteiger charge is 2.17. The van der Waals surface area contributed by atoms with E-state index in [2.05, 4.69) is 88.4 Å². The van der Waals surface area contributed by atoms with Crippen molar-refractivity contribution in [3.8, 4) is 0 Å². The number of aryl methyl sites for hydroxylation is 1. The van der Waals surface area contributed by atoms with Gasteiger partial charge in [0.05, 0.1) is 0 Å². The molecule has 0 nitrogen and oxygen atoms in total. The van der Waals surface area contributed by atoms with E-state index in [4.69, 9.17) is 0 Å². The molecule has 170 valence electrons. The fourth-order valence-electron chi connectivity index (χ4n) is 3.73. The molecule has 0 aliphatic heterocycles. The van der Waals surface area contributed by atoms with Crippen molar-refractivity contribution in [1.29, 1.82) is 0 Å². The topological polar surface area (TPSA) is 0 Å². The number of hydrogen-bond acceptors (Lipinski definition) is 0. The van der Waals surface area contributed by atoms with Crippen molar-refractivity contribution in [2.24, 2.45) is 0 Å². The highest BCUT2D eigenvalue weighted by molar-refractivity contribution is 6.12. The molecule has 0 saturated heterocycles. The van der Waals surface area contributed by atoms with Gasteiger partial charge in [0, 0.05) is 0 Å². The Morgan fingerprint density at radius 3 is 1.58 bits per heavy atom. The van der Waals surface area contributed by atoms with Crippen LogP contribution in [0.3, 0.4) is 0 Å². The molecule has 0 unspecified atom stereocenters. The lowest BCUT2D eigenvalue weighted by Crippen LogP contribution is -2.12. The molecule has 0 spiro atoms. The van der Waals surface area contributed by atoms with Crippen molar-refractivity contribution in [2.45, 2.75) is 88.5 Å². The summed E-state index contributed by atoms with van der Waals surface area (Å²) in [5.74, 6) is 0. The molecule has 0 aliphatic carbocycles. The maximum absolute atomic E-state index is 2.38. The second-order valence-electron chi connectivity index (χ2n) is 7.62. The van der Waals surface area contributed by atoms with Crippen LogP contribution in [0, 0.1) is 6.92 Å². The molecule has 31 heavy (non-hydrogen) atoms. The second-order valence-corrected chi connectivity index (χ2v) is 7.62. The van der Waals surface area contributed by atoms with Crippen LogP contribution in [0.2, 0.25) is 0 Å². The van der Waals surface area contributed by atoms with Crippen molar-refractivity contribution in [3.05, 3.63) is 71.8 Å². The lowest BCUT2D eigenvalue weighted by Gasteiger charge is -2.22. The molecule has 0 aliphatic rings. The van der Waals surface area contributed by atoms with Gasteiger partial charge in [-0.3, -0.25) is 0 Å². The summed E-state index contributed by atoms with van der Waals surface area (Å²) in [7, 11) is 0. The Morgan fingerprint density at radius 2 is 1.00 bits per heavy atom. The van der Waals surface area contributed by atoms with E-state index < -0.39 is 0 Å². The number of hydrogen-bond donors (Lipinski definition) is 0. The molecule has 4 aromatic carbocycles. The van der Waals surface area contributed by atoms with E-state index in [1.165, 1.54) is 43.4 Å². The Balaban J connectivity index is 0.00000102. The molecule has 0 fully saturated rings. The number of rotatable bonds is 0. The summed E-state index contributed by atoms with van der Waals surface area (Å²) in [4.78, 5) is 0. The Bertz CT molecular complexity index is 1050. The molecule has 0 N–H and O–H groups in total. The largest absolute Gasteiger partial charge is 0.0683 e. The lowest BCUT2D eigenvalue weighted by atomic mass is 9.82. The minimum atomic E-state index is 0.173. The van der Waals surface area contributed by atoms with E-state index in [1.807, 2.05) is 55.4 Å². The first-order valence-corrected chi connectivity index (χ1v) is 12.3. The predicted molar refractivity (Wildman–Crippen MR) is 148 cm³/mol. The molecule has 0 heterocycles. The monoisotopic (exact) mass is 418 g/mol. The summed E-state index contributed by atoms with van der Waals surface area (Å²) >= 11 is 0. The van der Waals surface area contributed by atoms with Crippen molar-refractivity contribution in [1.82, 2.24) is 0 Å². The smallest absolute Gasteiger partial charge is 0.00990 e. The Hall–Kier alpha value is -2.34. The molecule has 0 bridgehead atoms. The van der Waals surface area contributed by atoms with Gasteiger partial charge < -0.3 is 0 Å². The van der Waals surface area contributed by atoms with Crippen LogP contribution in [0.5, 0.6) is 0 Å². The molecule has 0 amide bonds. The van der Waals surface area contributed by atoms with Gasteiger partial charge in [0.15, 0.2) is 0 Å². The van der Waals surface area contributed by atoms with Gasteiger partial charge >= 0.3 is 0 Å². The maximum Gasteiger partial charge on any atom is -0.00990 e. The summed E-state index contributed by atoms with van der Waals surface area (Å²) in [6.07, 6.45) is 0. The number of benzene rings is 4. The Labute approximate surface area is 192 Å². The second kappa shape index (κ2) is 13.9. The van der Waals surface area contributed by atoms with Crippen LogP contribution in [0.25, 0.3) is 32.3 Å². The van der Waals surface area contributed by atoms with Gasteiger partial charge in [-0.25, -0.2) is 0 Å². The van der Waals surface area contributed by atoms with E-state index in [9.17, 15) is 0 Å². The quantitative estimate of drug-likeness (QED) is 0.197. The van der Waals surface area contributed by atoms with Gasteiger partial charge in [-0.1, -0.05) is 125 Å². The van der Waals surface area contributed by atoms with Crippen LogP contribution in [0.1, 0.15) is 87.3 Å². The zero-order chi connectivity index (χ0) is 24.2. The summed E-state index contributed by atoms with van der Waals surface area (Å²) in [6, 6.07) is 22.5. The first-order valence-electron chi connectivity index (χ1n) is 12.3. The molecule has 4 aromatic rings. The molecule has 0 heteroatoms. The van der Waals surface area contributed by atoms with Crippen LogP contribution in [0.15, 0.2) is 60.7 Å². The van der Waals surface area contributed by atoms with E-state index in [0.717, 1.165) is 0 Å². The summed E-state index contributed by atoms with van der Waals surface area (Å²) < 4.78 is 0. The summed E-state index contributed by atoms with van der Waals surface area (Å²) in [5.41, 5.74) is 2.99. The molecule has 0 atom stereocenters. The zero-order valence-corrected chi connectivity index (χ0v) is 22.3. The van der Waals surface area contributed by atoms with Gasteiger partial charge in [0.2, 0.25) is 0 Å². The zero-order valence-electron chi connectivity index (χ0n) is 22.3. The van der Waals surface area contributed by atoms with Crippen LogP contribution in [-0.4, -0.2) is 0 Å². The van der Waals surface area contributed by atoms with Gasteiger partial charge in [-0.2, -0.15) is 0 Å². The maximum atomic E-state index is 2.38. The van der Waals surface area contributed by atoms with Crippen LogP contribution in [0.4, 0.5) is 0 Å². The average Bonchev–Trinajstić information content (AvgIpc) is 2.82. The molecule has 0 radical (unpaired) electrons. The minimum Gasteiger partial charge on any atom is -0.0683 e. The molecular formula is C31H46. The van der Waals surface area contributed by atoms with Gasteiger partial charge in [-0.15, -0.1) is 0 Å². The molecule has 0 saturated carbocycles. The third kappa shape index (κ3) is 6.82. The van der Waals surface area contributed by atoms with Crippen LogP contribution >= 0.6 is 0 Å². The first-order chi connectivity index (χ1) is 14.9. The van der Waals surface area contributed by atoms with Crippen molar-refractivity contribution in [3.63, 3.8) is 0 Å². The van der Waals surface area contributed by atoms with Gasteiger partial charge in [0.25, 0.3) is 0 Å². The fourth-order valence-corrected chi connectivity index (χ4v) is 3.73. The molecule has 0 aromatic heterocycles. The van der Waals surface area contributed by atoms with Crippen molar-refractivity contribution < 1.29 is 0 Å². The molecule has 4 rings (SSSR count). The predicted octanol–water partition coefficient (Wildman–Crippen LogP) is 10.9. The van der Waals surface area contributed by atoms with E-state index in [0.29, 0.717) is 0 Å². The van der Waals surface area contributed by atoms with E-state index in [1.54, 1.807) is 0 Å². The summed E-state index contributed by atoms with van der Waals surface area (Å²) in [5, 5.41) is 7.98. The van der Waals surface area contributed by atoms with E-state index >= 15 is 0 Å². The average molecular weight is 419 g/mol. The fraction of sp³-hybridized carbons (Fsp3) is 0.419. The third-order valence-electron chi connectivity index (χ3n) is 4.85. The van der Waals surface area contributed by atoms with Gasteiger partial charge in [0.1, 0.15) is 0 Å². The standard InChI is InChI=1S/C23H22.4C2H6/c1-15-11-18-12-17-10-9-16-7-5-6-8-20(16)21(17)13-19(18)14-22(15)23(2,3)4;4*1-2/h5-14H,1-4H3;4*1-2H3. The molecular weight excluding hydrogens is 372 g/mol. The Kier molecular flexibility index (Phi) is 12.8. The van der Waals surface area contributed by atoms with Crippen LogP contribution in [-0.2, 0) is 5.41 Å². The highest BCUT2D eigenvalue weighted by Crippen LogP contribution is 2.33. The SMILES string of the molecule is CC.CC.CC.CC.Cc1cc2cc3ccc4ccccc4c3cc2cc1C(C)(C)C. The highest BCUT2D eigenvalue weighted by atomic mass is 14.2.